The van der Waals surface area contributed by atoms with Crippen molar-refractivity contribution in [1.29, 1.82) is 0 Å². The van der Waals surface area contributed by atoms with Crippen molar-refractivity contribution in [3.05, 3.63) is 6.33 Å². The second-order valence-electron chi connectivity index (χ2n) is 3.98. The van der Waals surface area contributed by atoms with Gasteiger partial charge in [0.05, 0.1) is 0 Å². The third kappa shape index (κ3) is 4.33. The van der Waals surface area contributed by atoms with E-state index in [-0.39, 0.29) is 6.03 Å². The van der Waals surface area contributed by atoms with Gasteiger partial charge < -0.3 is 4.90 Å². The predicted molar refractivity (Wildman–Crippen MR) is 74.0 cm³/mol. The smallest absolute Gasteiger partial charge is 0.323 e. The first-order valence-electron chi connectivity index (χ1n) is 6.56. The standard InChI is InChI=1S/C12H22N4OS/c1-4-7-8-9-18-11-13-10-16(14-11)12(17)15(5-2)6-3/h10H,4-9H2,1-3H3. The Labute approximate surface area is 113 Å². The van der Waals surface area contributed by atoms with Gasteiger partial charge in [-0.1, -0.05) is 31.5 Å². The van der Waals surface area contributed by atoms with Crippen molar-refractivity contribution in [3.63, 3.8) is 0 Å². The van der Waals surface area contributed by atoms with Gasteiger partial charge in [0.15, 0.2) is 0 Å². The average molecular weight is 270 g/mol. The highest BCUT2D eigenvalue weighted by Gasteiger charge is 2.13. The lowest BCUT2D eigenvalue weighted by Gasteiger charge is -2.17. The molecule has 0 aromatic carbocycles. The number of carbonyl (C=O) groups excluding carboxylic acids is 1. The van der Waals surface area contributed by atoms with Crippen LogP contribution in [0, 0.1) is 0 Å². The number of nitrogens with zero attached hydrogens (tertiary/aromatic N) is 4. The second kappa shape index (κ2) is 8.13. The van der Waals surface area contributed by atoms with E-state index in [0.29, 0.717) is 18.2 Å². The Morgan fingerprint density at radius 1 is 1.33 bits per heavy atom. The molecule has 0 saturated heterocycles. The monoisotopic (exact) mass is 270 g/mol. The van der Waals surface area contributed by atoms with Crippen LogP contribution in [0.2, 0.25) is 0 Å². The lowest BCUT2D eigenvalue weighted by molar-refractivity contribution is 0.201. The van der Waals surface area contributed by atoms with Crippen molar-refractivity contribution in [2.24, 2.45) is 0 Å². The van der Waals surface area contributed by atoms with E-state index in [4.69, 9.17) is 0 Å². The van der Waals surface area contributed by atoms with Gasteiger partial charge in [-0.15, -0.1) is 5.10 Å². The van der Waals surface area contributed by atoms with E-state index in [1.54, 1.807) is 16.7 Å². The normalized spacial score (nSPS) is 10.6. The molecule has 0 aliphatic rings. The summed E-state index contributed by atoms with van der Waals surface area (Å²) in [6, 6.07) is -0.104. The highest BCUT2D eigenvalue weighted by atomic mass is 32.2. The minimum Gasteiger partial charge on any atom is -0.323 e. The van der Waals surface area contributed by atoms with Gasteiger partial charge in [-0.05, 0) is 20.3 Å². The van der Waals surface area contributed by atoms with Crippen LogP contribution in [0.25, 0.3) is 0 Å². The zero-order chi connectivity index (χ0) is 13.4. The summed E-state index contributed by atoms with van der Waals surface area (Å²) in [4.78, 5) is 17.8. The molecule has 1 rings (SSSR count). The summed E-state index contributed by atoms with van der Waals surface area (Å²) < 4.78 is 1.33. The van der Waals surface area contributed by atoms with Crippen LogP contribution in [0.5, 0.6) is 0 Å². The maximum atomic E-state index is 12.0. The van der Waals surface area contributed by atoms with Crippen molar-refractivity contribution in [3.8, 4) is 0 Å². The third-order valence-electron chi connectivity index (χ3n) is 2.68. The van der Waals surface area contributed by atoms with E-state index >= 15 is 0 Å². The second-order valence-corrected chi connectivity index (χ2v) is 5.04. The van der Waals surface area contributed by atoms with Crippen LogP contribution in [-0.2, 0) is 0 Å². The third-order valence-corrected chi connectivity index (χ3v) is 3.62. The molecule has 0 aliphatic carbocycles. The summed E-state index contributed by atoms with van der Waals surface area (Å²) in [6.07, 6.45) is 5.11. The molecule has 0 fully saturated rings. The molecule has 0 atom stereocenters. The largest absolute Gasteiger partial charge is 0.346 e. The van der Waals surface area contributed by atoms with Crippen LogP contribution in [-0.4, -0.2) is 44.5 Å². The molecule has 0 aliphatic heterocycles. The number of hydrogen-bond acceptors (Lipinski definition) is 4. The number of rotatable bonds is 7. The zero-order valence-corrected chi connectivity index (χ0v) is 12.2. The molecule has 1 aromatic heterocycles. The number of aromatic nitrogens is 3. The highest BCUT2D eigenvalue weighted by molar-refractivity contribution is 7.99. The van der Waals surface area contributed by atoms with Gasteiger partial charge in [-0.25, -0.2) is 9.78 Å². The van der Waals surface area contributed by atoms with E-state index in [9.17, 15) is 4.79 Å². The fourth-order valence-corrected chi connectivity index (χ4v) is 2.36. The van der Waals surface area contributed by atoms with E-state index in [0.717, 1.165) is 5.75 Å². The minimum absolute atomic E-state index is 0.104. The first-order valence-corrected chi connectivity index (χ1v) is 7.55. The first kappa shape index (κ1) is 15.0. The van der Waals surface area contributed by atoms with Crippen LogP contribution in [0.3, 0.4) is 0 Å². The van der Waals surface area contributed by atoms with E-state index in [2.05, 4.69) is 17.0 Å². The Kier molecular flexibility index (Phi) is 6.78. The summed E-state index contributed by atoms with van der Waals surface area (Å²) in [5.74, 6) is 1.01. The molecule has 0 saturated carbocycles. The number of thioether (sulfide) groups is 1. The Hall–Kier alpha value is -1.04. The molecule has 0 radical (unpaired) electrons. The van der Waals surface area contributed by atoms with Crippen molar-refractivity contribution < 1.29 is 4.79 Å². The molecular formula is C12H22N4OS. The topological polar surface area (TPSA) is 51.0 Å². The van der Waals surface area contributed by atoms with Gasteiger partial charge in [-0.2, -0.15) is 4.68 Å². The summed E-state index contributed by atoms with van der Waals surface area (Å²) >= 11 is 1.61. The maximum absolute atomic E-state index is 12.0. The molecule has 1 amide bonds. The quantitative estimate of drug-likeness (QED) is 0.564. The summed E-state index contributed by atoms with van der Waals surface area (Å²) in [5, 5.41) is 4.89. The molecular weight excluding hydrogens is 248 g/mol. The van der Waals surface area contributed by atoms with E-state index < -0.39 is 0 Å². The van der Waals surface area contributed by atoms with Crippen molar-refractivity contribution >= 4 is 17.8 Å². The SMILES string of the molecule is CCCCCSc1ncn(C(=O)N(CC)CC)n1. The maximum Gasteiger partial charge on any atom is 0.346 e. The molecule has 6 heteroatoms. The number of unbranched alkanes of at least 4 members (excludes halogenated alkanes) is 2. The molecule has 0 bridgehead atoms. The van der Waals surface area contributed by atoms with Crippen LogP contribution in [0.1, 0.15) is 40.0 Å². The van der Waals surface area contributed by atoms with Gasteiger partial charge in [-0.3, -0.25) is 0 Å². The number of carbonyl (C=O) groups is 1. The van der Waals surface area contributed by atoms with E-state index in [1.807, 2.05) is 13.8 Å². The molecule has 0 unspecified atom stereocenters. The Morgan fingerprint density at radius 2 is 2.06 bits per heavy atom. The fourth-order valence-electron chi connectivity index (χ4n) is 1.56. The van der Waals surface area contributed by atoms with Crippen LogP contribution in [0.4, 0.5) is 4.79 Å². The van der Waals surface area contributed by atoms with Gasteiger partial charge >= 0.3 is 6.03 Å². The first-order chi connectivity index (χ1) is 8.72. The van der Waals surface area contributed by atoms with Gasteiger partial charge in [0, 0.05) is 18.8 Å². The van der Waals surface area contributed by atoms with Gasteiger partial charge in [0.1, 0.15) is 6.33 Å². The molecule has 102 valence electrons. The highest BCUT2D eigenvalue weighted by Crippen LogP contribution is 2.14. The summed E-state index contributed by atoms with van der Waals surface area (Å²) in [5.41, 5.74) is 0. The number of hydrogen-bond donors (Lipinski definition) is 0. The van der Waals surface area contributed by atoms with E-state index in [1.165, 1.54) is 30.3 Å². The lowest BCUT2D eigenvalue weighted by Crippen LogP contribution is -2.34. The van der Waals surface area contributed by atoms with Crippen molar-refractivity contribution in [2.45, 2.75) is 45.2 Å². The van der Waals surface area contributed by atoms with Gasteiger partial charge in [0.25, 0.3) is 0 Å². The van der Waals surface area contributed by atoms with Crippen molar-refractivity contribution in [1.82, 2.24) is 19.7 Å². The summed E-state index contributed by atoms with van der Waals surface area (Å²) in [6.45, 7) is 7.47. The average Bonchev–Trinajstić information content (AvgIpc) is 2.85. The molecule has 18 heavy (non-hydrogen) atoms. The fraction of sp³-hybridized carbons (Fsp3) is 0.750. The summed E-state index contributed by atoms with van der Waals surface area (Å²) in [7, 11) is 0. The number of amides is 1. The van der Waals surface area contributed by atoms with Crippen molar-refractivity contribution in [2.75, 3.05) is 18.8 Å². The Balaban J connectivity index is 2.49. The Bertz CT molecular complexity index is 363. The molecule has 1 heterocycles. The zero-order valence-electron chi connectivity index (χ0n) is 11.4. The molecule has 0 spiro atoms. The van der Waals surface area contributed by atoms with Crippen LogP contribution in [0.15, 0.2) is 11.5 Å². The molecule has 5 nitrogen and oxygen atoms in total. The predicted octanol–water partition coefficient (Wildman–Crippen LogP) is 2.87. The molecule has 1 aromatic rings. The molecule has 0 N–H and O–H groups in total. The van der Waals surface area contributed by atoms with Gasteiger partial charge in [0.2, 0.25) is 5.16 Å². The Morgan fingerprint density at radius 3 is 2.67 bits per heavy atom. The van der Waals surface area contributed by atoms with Crippen LogP contribution >= 0.6 is 11.8 Å². The minimum atomic E-state index is -0.104. The lowest BCUT2D eigenvalue weighted by atomic mass is 10.3. The van der Waals surface area contributed by atoms with Crippen LogP contribution < -0.4 is 0 Å².